The van der Waals surface area contributed by atoms with Crippen LogP contribution < -0.4 is 0 Å². The van der Waals surface area contributed by atoms with Crippen molar-refractivity contribution in [2.24, 2.45) is 0 Å². The SMILES string of the molecule is CC(C)(C)OC(=O)N1C2CCC1C(=O)C(=O)C2. The quantitative estimate of drug-likeness (QED) is 0.598. The largest absolute Gasteiger partial charge is 0.444 e. The van der Waals surface area contributed by atoms with Gasteiger partial charge in [0, 0.05) is 12.5 Å². The van der Waals surface area contributed by atoms with Crippen molar-refractivity contribution in [2.75, 3.05) is 0 Å². The molecule has 0 aromatic heterocycles. The predicted octanol–water partition coefficient (Wildman–Crippen LogP) is 1.30. The Morgan fingerprint density at radius 3 is 2.53 bits per heavy atom. The summed E-state index contributed by atoms with van der Waals surface area (Å²) in [7, 11) is 0. The second kappa shape index (κ2) is 3.82. The average molecular weight is 239 g/mol. The van der Waals surface area contributed by atoms with Crippen molar-refractivity contribution >= 4 is 17.7 Å². The number of ether oxygens (including phenoxy) is 1. The summed E-state index contributed by atoms with van der Waals surface area (Å²) in [4.78, 5) is 36.5. The number of hydrogen-bond donors (Lipinski definition) is 0. The van der Waals surface area contributed by atoms with Gasteiger partial charge in [-0.2, -0.15) is 0 Å². The summed E-state index contributed by atoms with van der Waals surface area (Å²) in [5, 5.41) is 0. The van der Waals surface area contributed by atoms with Gasteiger partial charge in [-0.05, 0) is 33.6 Å². The van der Waals surface area contributed by atoms with E-state index in [2.05, 4.69) is 0 Å². The van der Waals surface area contributed by atoms with Crippen LogP contribution >= 0.6 is 0 Å². The Bertz CT molecular complexity index is 382. The molecular weight excluding hydrogens is 222 g/mol. The van der Waals surface area contributed by atoms with Crippen molar-refractivity contribution < 1.29 is 19.1 Å². The highest BCUT2D eigenvalue weighted by molar-refractivity contribution is 6.40. The van der Waals surface area contributed by atoms with Gasteiger partial charge in [0.1, 0.15) is 11.6 Å². The predicted molar refractivity (Wildman–Crippen MR) is 59.5 cm³/mol. The second-order valence-corrected chi connectivity index (χ2v) is 5.63. The minimum absolute atomic E-state index is 0.147. The van der Waals surface area contributed by atoms with Gasteiger partial charge >= 0.3 is 6.09 Å². The maximum atomic E-state index is 12.0. The van der Waals surface area contributed by atoms with E-state index >= 15 is 0 Å². The molecule has 0 radical (unpaired) electrons. The van der Waals surface area contributed by atoms with Gasteiger partial charge in [-0.25, -0.2) is 4.79 Å². The Kier molecular flexibility index (Phi) is 2.72. The number of carbonyl (C=O) groups excluding carboxylic acids is 3. The maximum Gasteiger partial charge on any atom is 0.411 e. The van der Waals surface area contributed by atoms with Crippen LogP contribution in [0.15, 0.2) is 0 Å². The molecule has 2 atom stereocenters. The first-order valence-electron chi connectivity index (χ1n) is 5.88. The zero-order valence-electron chi connectivity index (χ0n) is 10.4. The molecule has 2 aliphatic rings. The summed E-state index contributed by atoms with van der Waals surface area (Å²) >= 11 is 0. The van der Waals surface area contributed by atoms with Crippen molar-refractivity contribution in [1.29, 1.82) is 0 Å². The van der Waals surface area contributed by atoms with E-state index in [-0.39, 0.29) is 18.2 Å². The number of Topliss-reactive ketones (excluding diaryl/α,β-unsaturated/α-hetero) is 2. The lowest BCUT2D eigenvalue weighted by Crippen LogP contribution is -2.53. The number of ketones is 2. The second-order valence-electron chi connectivity index (χ2n) is 5.63. The summed E-state index contributed by atoms with van der Waals surface area (Å²) < 4.78 is 5.27. The topological polar surface area (TPSA) is 63.7 Å². The smallest absolute Gasteiger partial charge is 0.411 e. The van der Waals surface area contributed by atoms with Crippen molar-refractivity contribution in [2.45, 2.75) is 57.7 Å². The number of nitrogens with zero attached hydrogens (tertiary/aromatic N) is 1. The van der Waals surface area contributed by atoms with Crippen LogP contribution in [0.3, 0.4) is 0 Å². The Morgan fingerprint density at radius 2 is 1.94 bits per heavy atom. The summed E-state index contributed by atoms with van der Waals surface area (Å²) in [5.41, 5.74) is -0.582. The summed E-state index contributed by atoms with van der Waals surface area (Å²) in [6.45, 7) is 5.34. The number of amides is 1. The van der Waals surface area contributed by atoms with E-state index in [1.807, 2.05) is 0 Å². The molecule has 2 heterocycles. The fraction of sp³-hybridized carbons (Fsp3) is 0.750. The van der Waals surface area contributed by atoms with Crippen molar-refractivity contribution in [1.82, 2.24) is 4.90 Å². The van der Waals surface area contributed by atoms with Gasteiger partial charge in [-0.15, -0.1) is 0 Å². The Labute approximate surface area is 100 Å². The van der Waals surface area contributed by atoms with E-state index in [4.69, 9.17) is 4.74 Å². The molecule has 2 unspecified atom stereocenters. The standard InChI is InChI=1S/C12H17NO4/c1-12(2,3)17-11(16)13-7-4-5-8(13)10(15)9(14)6-7/h7-8H,4-6H2,1-3H3. The van der Waals surface area contributed by atoms with Crippen LogP contribution in [-0.4, -0.2) is 40.2 Å². The lowest BCUT2D eigenvalue weighted by molar-refractivity contribution is -0.142. The van der Waals surface area contributed by atoms with E-state index < -0.39 is 23.5 Å². The molecule has 2 fully saturated rings. The van der Waals surface area contributed by atoms with Gasteiger partial charge in [0.15, 0.2) is 0 Å². The Balaban J connectivity index is 2.15. The van der Waals surface area contributed by atoms with E-state index in [0.717, 1.165) is 0 Å². The van der Waals surface area contributed by atoms with Gasteiger partial charge in [0.2, 0.25) is 11.6 Å². The molecule has 0 aromatic carbocycles. The summed E-state index contributed by atoms with van der Waals surface area (Å²) in [6, 6.07) is -0.740. The molecule has 0 aliphatic carbocycles. The van der Waals surface area contributed by atoms with E-state index in [0.29, 0.717) is 12.8 Å². The first-order valence-corrected chi connectivity index (χ1v) is 5.88. The van der Waals surface area contributed by atoms with Crippen LogP contribution in [0.5, 0.6) is 0 Å². The van der Waals surface area contributed by atoms with Gasteiger partial charge < -0.3 is 4.74 Å². The number of carbonyl (C=O) groups is 3. The van der Waals surface area contributed by atoms with Crippen molar-refractivity contribution in [3.63, 3.8) is 0 Å². The van der Waals surface area contributed by atoms with Crippen LogP contribution in [0, 0.1) is 0 Å². The highest BCUT2D eigenvalue weighted by atomic mass is 16.6. The van der Waals surface area contributed by atoms with Crippen LogP contribution in [-0.2, 0) is 14.3 Å². The molecule has 2 rings (SSSR count). The molecule has 0 spiro atoms. The summed E-state index contributed by atoms with van der Waals surface area (Å²) in [5.74, 6) is -0.790. The molecule has 94 valence electrons. The van der Waals surface area contributed by atoms with E-state index in [1.54, 1.807) is 20.8 Å². The van der Waals surface area contributed by atoms with Crippen LogP contribution in [0.1, 0.15) is 40.0 Å². The molecule has 0 saturated carbocycles. The van der Waals surface area contributed by atoms with E-state index in [1.165, 1.54) is 4.90 Å². The third-order valence-corrected chi connectivity index (χ3v) is 3.11. The van der Waals surface area contributed by atoms with Crippen LogP contribution in [0.2, 0.25) is 0 Å². The zero-order chi connectivity index (χ0) is 12.8. The highest BCUT2D eigenvalue weighted by Crippen LogP contribution is 2.33. The molecule has 2 bridgehead atoms. The van der Waals surface area contributed by atoms with Crippen LogP contribution in [0.25, 0.3) is 0 Å². The Morgan fingerprint density at radius 1 is 1.29 bits per heavy atom. The first-order chi connectivity index (χ1) is 7.79. The third kappa shape index (κ3) is 2.18. The molecule has 0 aromatic rings. The molecule has 2 saturated heterocycles. The highest BCUT2D eigenvalue weighted by Gasteiger charge is 2.49. The first kappa shape index (κ1) is 12.1. The monoisotopic (exact) mass is 239 g/mol. The minimum Gasteiger partial charge on any atom is -0.444 e. The number of fused-ring (bicyclic) bond motifs is 2. The van der Waals surface area contributed by atoms with Gasteiger partial charge in [-0.3, -0.25) is 14.5 Å². The lowest BCUT2D eigenvalue weighted by Gasteiger charge is -2.34. The third-order valence-electron chi connectivity index (χ3n) is 3.11. The average Bonchev–Trinajstić information content (AvgIpc) is 2.51. The zero-order valence-corrected chi connectivity index (χ0v) is 10.4. The van der Waals surface area contributed by atoms with Crippen LogP contribution in [0.4, 0.5) is 4.79 Å². The molecule has 1 amide bonds. The summed E-state index contributed by atoms with van der Waals surface area (Å²) in [6.07, 6.45) is 0.954. The Hall–Kier alpha value is -1.39. The van der Waals surface area contributed by atoms with Crippen molar-refractivity contribution in [3.8, 4) is 0 Å². The van der Waals surface area contributed by atoms with Gasteiger partial charge in [-0.1, -0.05) is 0 Å². The molecular formula is C12H17NO4. The minimum atomic E-state index is -0.587. The lowest BCUT2D eigenvalue weighted by atomic mass is 10.0. The van der Waals surface area contributed by atoms with Gasteiger partial charge in [0.05, 0.1) is 0 Å². The molecule has 5 heteroatoms. The van der Waals surface area contributed by atoms with E-state index in [9.17, 15) is 14.4 Å². The number of hydrogen-bond acceptors (Lipinski definition) is 4. The van der Waals surface area contributed by atoms with Crippen molar-refractivity contribution in [3.05, 3.63) is 0 Å². The molecule has 17 heavy (non-hydrogen) atoms. The molecule has 2 aliphatic heterocycles. The fourth-order valence-electron chi connectivity index (χ4n) is 2.43. The number of rotatable bonds is 0. The molecule has 0 N–H and O–H groups in total. The van der Waals surface area contributed by atoms with Gasteiger partial charge in [0.25, 0.3) is 0 Å². The fourth-order valence-corrected chi connectivity index (χ4v) is 2.43. The molecule has 5 nitrogen and oxygen atoms in total. The maximum absolute atomic E-state index is 12.0. The number of piperidine rings is 1. The normalized spacial score (nSPS) is 28.5.